The SMILES string of the molecule is CCN(CC)[C@@H](CNC(=O)N(C)Cc1cccc(OC(F)F)c1)CC(C)C. The highest BCUT2D eigenvalue weighted by Crippen LogP contribution is 2.17. The number of benzene rings is 1. The number of carbonyl (C=O) groups is 1. The number of ether oxygens (including phenoxy) is 1. The van der Waals surface area contributed by atoms with Crippen LogP contribution in [0.25, 0.3) is 0 Å². The summed E-state index contributed by atoms with van der Waals surface area (Å²) in [7, 11) is 1.69. The first-order valence-electron chi connectivity index (χ1n) is 9.53. The summed E-state index contributed by atoms with van der Waals surface area (Å²) in [6, 6.07) is 6.51. The maximum absolute atomic E-state index is 12.4. The first-order chi connectivity index (χ1) is 12.8. The number of carbonyl (C=O) groups excluding carboxylic acids is 1. The summed E-state index contributed by atoms with van der Waals surface area (Å²) >= 11 is 0. The highest BCUT2D eigenvalue weighted by atomic mass is 19.3. The molecule has 27 heavy (non-hydrogen) atoms. The predicted molar refractivity (Wildman–Crippen MR) is 104 cm³/mol. The minimum absolute atomic E-state index is 0.0924. The quantitative estimate of drug-likeness (QED) is 0.621. The third-order valence-electron chi connectivity index (χ3n) is 4.45. The van der Waals surface area contributed by atoms with E-state index in [0.717, 1.165) is 25.1 Å². The average molecular weight is 385 g/mol. The number of likely N-dealkylation sites (N-methyl/N-ethyl adjacent to an activating group) is 1. The van der Waals surface area contributed by atoms with Gasteiger partial charge in [-0.3, -0.25) is 4.90 Å². The summed E-state index contributed by atoms with van der Waals surface area (Å²) in [6.07, 6.45) is 1.01. The fraction of sp³-hybridized carbons (Fsp3) is 0.650. The Kier molecular flexibility index (Phi) is 10.1. The van der Waals surface area contributed by atoms with Crippen LogP contribution in [0.15, 0.2) is 24.3 Å². The van der Waals surface area contributed by atoms with E-state index in [0.29, 0.717) is 25.0 Å². The van der Waals surface area contributed by atoms with Crippen LogP contribution in [0, 0.1) is 5.92 Å². The Labute approximate surface area is 161 Å². The molecule has 154 valence electrons. The third kappa shape index (κ3) is 8.56. The molecule has 0 radical (unpaired) electrons. The van der Waals surface area contributed by atoms with Gasteiger partial charge in [0.15, 0.2) is 0 Å². The van der Waals surface area contributed by atoms with Gasteiger partial charge in [-0.1, -0.05) is 39.8 Å². The Bertz CT molecular complexity index is 566. The van der Waals surface area contributed by atoms with Crippen molar-refractivity contribution < 1.29 is 18.3 Å². The molecular formula is C20H33F2N3O2. The molecule has 1 aromatic rings. The van der Waals surface area contributed by atoms with Crippen molar-refractivity contribution in [2.45, 2.75) is 53.3 Å². The average Bonchev–Trinajstić information content (AvgIpc) is 2.59. The van der Waals surface area contributed by atoms with E-state index in [1.807, 2.05) is 0 Å². The molecule has 1 N–H and O–H groups in total. The van der Waals surface area contributed by atoms with E-state index in [1.165, 1.54) is 17.0 Å². The lowest BCUT2D eigenvalue weighted by Gasteiger charge is -2.31. The molecule has 0 aliphatic carbocycles. The monoisotopic (exact) mass is 385 g/mol. The van der Waals surface area contributed by atoms with Crippen molar-refractivity contribution in [3.8, 4) is 5.75 Å². The van der Waals surface area contributed by atoms with Crippen molar-refractivity contribution in [1.29, 1.82) is 0 Å². The zero-order chi connectivity index (χ0) is 20.4. The molecule has 0 saturated heterocycles. The van der Waals surface area contributed by atoms with E-state index in [4.69, 9.17) is 0 Å². The third-order valence-corrected chi connectivity index (χ3v) is 4.45. The largest absolute Gasteiger partial charge is 0.435 e. The number of alkyl halides is 2. The molecule has 1 rings (SSSR count). The summed E-state index contributed by atoms with van der Waals surface area (Å²) < 4.78 is 29.1. The van der Waals surface area contributed by atoms with Crippen molar-refractivity contribution in [2.75, 3.05) is 26.7 Å². The van der Waals surface area contributed by atoms with Crippen LogP contribution >= 0.6 is 0 Å². The van der Waals surface area contributed by atoms with Gasteiger partial charge in [0.25, 0.3) is 0 Å². The summed E-state index contributed by atoms with van der Waals surface area (Å²) in [5.74, 6) is 0.637. The fourth-order valence-corrected chi connectivity index (χ4v) is 3.15. The molecule has 0 aliphatic rings. The Morgan fingerprint density at radius 1 is 1.22 bits per heavy atom. The van der Waals surface area contributed by atoms with Crippen LogP contribution in [-0.2, 0) is 6.54 Å². The van der Waals surface area contributed by atoms with Crippen LogP contribution in [0.3, 0.4) is 0 Å². The van der Waals surface area contributed by atoms with Crippen LogP contribution < -0.4 is 10.1 Å². The molecule has 5 nitrogen and oxygen atoms in total. The van der Waals surface area contributed by atoms with Gasteiger partial charge >= 0.3 is 12.6 Å². The van der Waals surface area contributed by atoms with Gasteiger partial charge in [-0.25, -0.2) is 4.79 Å². The van der Waals surface area contributed by atoms with Gasteiger partial charge < -0.3 is 15.0 Å². The standard InChI is InChI=1S/C20H33F2N3O2/c1-6-25(7-2)17(11-15(3)4)13-23-20(26)24(5)14-16-9-8-10-18(12-16)27-19(21)22/h8-10,12,15,17,19H,6-7,11,13-14H2,1-5H3,(H,23,26)/t17-/m1/s1. The normalized spacial score (nSPS) is 12.5. The van der Waals surface area contributed by atoms with Crippen molar-refractivity contribution >= 4 is 6.03 Å². The minimum Gasteiger partial charge on any atom is -0.435 e. The van der Waals surface area contributed by atoms with E-state index in [1.54, 1.807) is 19.2 Å². The van der Waals surface area contributed by atoms with Gasteiger partial charge in [0, 0.05) is 26.2 Å². The molecule has 0 aromatic heterocycles. The number of hydrogen-bond donors (Lipinski definition) is 1. The molecule has 0 aliphatic heterocycles. The summed E-state index contributed by atoms with van der Waals surface area (Å²) in [4.78, 5) is 16.3. The second-order valence-electron chi connectivity index (χ2n) is 7.07. The van der Waals surface area contributed by atoms with Crippen molar-refractivity contribution in [3.63, 3.8) is 0 Å². The number of nitrogens with zero attached hydrogens (tertiary/aromatic N) is 2. The lowest BCUT2D eigenvalue weighted by Crippen LogP contribution is -2.47. The maximum atomic E-state index is 12.4. The zero-order valence-corrected chi connectivity index (χ0v) is 17.0. The number of nitrogens with one attached hydrogen (secondary N) is 1. The molecule has 1 atom stereocenters. The highest BCUT2D eigenvalue weighted by Gasteiger charge is 2.19. The zero-order valence-electron chi connectivity index (χ0n) is 17.0. The van der Waals surface area contributed by atoms with Gasteiger partial charge in [-0.15, -0.1) is 0 Å². The van der Waals surface area contributed by atoms with Crippen molar-refractivity contribution in [2.24, 2.45) is 5.92 Å². The van der Waals surface area contributed by atoms with Crippen molar-refractivity contribution in [3.05, 3.63) is 29.8 Å². The predicted octanol–water partition coefficient (Wildman–Crippen LogP) is 4.19. The molecular weight excluding hydrogens is 352 g/mol. The lowest BCUT2D eigenvalue weighted by molar-refractivity contribution is -0.0499. The van der Waals surface area contributed by atoms with Crippen LogP contribution in [0.1, 0.15) is 39.7 Å². The number of halogens is 2. The Balaban J connectivity index is 2.62. The lowest BCUT2D eigenvalue weighted by atomic mass is 10.0. The smallest absolute Gasteiger partial charge is 0.387 e. The number of amides is 2. The van der Waals surface area contributed by atoms with Gasteiger partial charge in [-0.05, 0) is 43.1 Å². The Morgan fingerprint density at radius 2 is 1.89 bits per heavy atom. The topological polar surface area (TPSA) is 44.8 Å². The van der Waals surface area contributed by atoms with E-state index in [-0.39, 0.29) is 11.8 Å². The first kappa shape index (κ1) is 23.1. The fourth-order valence-electron chi connectivity index (χ4n) is 3.15. The number of urea groups is 1. The molecule has 1 aromatic carbocycles. The van der Waals surface area contributed by atoms with E-state index in [9.17, 15) is 13.6 Å². The van der Waals surface area contributed by atoms with Gasteiger partial charge in [0.2, 0.25) is 0 Å². The molecule has 0 heterocycles. The van der Waals surface area contributed by atoms with Crippen LogP contribution in [0.4, 0.5) is 13.6 Å². The molecule has 2 amide bonds. The van der Waals surface area contributed by atoms with Crippen LogP contribution in [-0.4, -0.2) is 55.2 Å². The number of rotatable bonds is 11. The molecule has 0 spiro atoms. The van der Waals surface area contributed by atoms with E-state index in [2.05, 4.69) is 42.6 Å². The minimum atomic E-state index is -2.86. The van der Waals surface area contributed by atoms with Gasteiger partial charge in [0.05, 0.1) is 0 Å². The molecule has 0 unspecified atom stereocenters. The van der Waals surface area contributed by atoms with Gasteiger partial charge in [-0.2, -0.15) is 8.78 Å². The molecule has 0 bridgehead atoms. The highest BCUT2D eigenvalue weighted by molar-refractivity contribution is 5.73. The molecule has 0 saturated carbocycles. The van der Waals surface area contributed by atoms with Gasteiger partial charge in [0.1, 0.15) is 5.75 Å². The van der Waals surface area contributed by atoms with E-state index < -0.39 is 6.61 Å². The van der Waals surface area contributed by atoms with Crippen molar-refractivity contribution in [1.82, 2.24) is 15.1 Å². The van der Waals surface area contributed by atoms with E-state index >= 15 is 0 Å². The molecule has 0 fully saturated rings. The molecule has 7 heteroatoms. The number of hydrogen-bond acceptors (Lipinski definition) is 3. The summed E-state index contributed by atoms with van der Waals surface area (Å²) in [5.41, 5.74) is 0.730. The van der Waals surface area contributed by atoms with Crippen LogP contribution in [0.5, 0.6) is 5.75 Å². The maximum Gasteiger partial charge on any atom is 0.387 e. The summed E-state index contributed by atoms with van der Waals surface area (Å²) in [5, 5.41) is 3.00. The summed E-state index contributed by atoms with van der Waals surface area (Å²) in [6.45, 7) is 8.52. The first-order valence-corrected chi connectivity index (χ1v) is 9.53. The Morgan fingerprint density at radius 3 is 2.44 bits per heavy atom. The second-order valence-corrected chi connectivity index (χ2v) is 7.07. The second kappa shape index (κ2) is 11.7. The van der Waals surface area contributed by atoms with Crippen LogP contribution in [0.2, 0.25) is 0 Å². The Hall–Kier alpha value is -1.89.